The van der Waals surface area contributed by atoms with Crippen molar-refractivity contribution in [1.82, 2.24) is 14.4 Å². The van der Waals surface area contributed by atoms with Gasteiger partial charge in [-0.05, 0) is 57.4 Å². The second kappa shape index (κ2) is 9.16. The summed E-state index contributed by atoms with van der Waals surface area (Å²) in [5, 5.41) is 2.94. The minimum Gasteiger partial charge on any atom is -0.353 e. The molecule has 1 aliphatic carbocycles. The van der Waals surface area contributed by atoms with Gasteiger partial charge in [0.2, 0.25) is 5.91 Å². The van der Waals surface area contributed by atoms with Crippen molar-refractivity contribution in [1.29, 1.82) is 0 Å². The topological polar surface area (TPSA) is 57.6 Å². The van der Waals surface area contributed by atoms with E-state index >= 15 is 0 Å². The molecule has 1 N–H and O–H groups in total. The fourth-order valence-electron chi connectivity index (χ4n) is 3.36. The third kappa shape index (κ3) is 5.40. The second-order valence-electron chi connectivity index (χ2n) is 8.04. The number of hydrogen-bond acceptors (Lipinski definition) is 2. The Labute approximate surface area is 173 Å². The normalized spacial score (nSPS) is 14.3. The Morgan fingerprint density at radius 1 is 1.21 bits per heavy atom. The van der Waals surface area contributed by atoms with Crippen molar-refractivity contribution in [3.63, 3.8) is 0 Å². The standard InChI is InChI=1S/C23H32N4O2/c1-5-18(3)26(23(29)24-19-10-8-17(2)9-11-19)16-22(28)27(20-12-13-20)15-21-7-6-14-25(21)4/h6-11,14,18,20H,5,12-13,15-16H2,1-4H3,(H,24,29)/t18-/m0/s1. The van der Waals surface area contributed by atoms with Crippen LogP contribution in [0.5, 0.6) is 0 Å². The highest BCUT2D eigenvalue weighted by molar-refractivity contribution is 5.92. The molecule has 1 saturated carbocycles. The first-order valence-corrected chi connectivity index (χ1v) is 10.4. The highest BCUT2D eigenvalue weighted by Gasteiger charge is 2.34. The van der Waals surface area contributed by atoms with Crippen molar-refractivity contribution in [3.8, 4) is 0 Å². The van der Waals surface area contributed by atoms with Crippen molar-refractivity contribution in [3.05, 3.63) is 53.9 Å². The van der Waals surface area contributed by atoms with Crippen LogP contribution >= 0.6 is 0 Å². The molecule has 6 nitrogen and oxygen atoms in total. The lowest BCUT2D eigenvalue weighted by molar-refractivity contribution is -0.133. The van der Waals surface area contributed by atoms with Crippen LogP contribution in [-0.4, -0.2) is 44.9 Å². The van der Waals surface area contributed by atoms with E-state index in [-0.39, 0.29) is 30.6 Å². The summed E-state index contributed by atoms with van der Waals surface area (Å²) < 4.78 is 2.04. The minimum atomic E-state index is -0.230. The first-order chi connectivity index (χ1) is 13.9. The number of aryl methyl sites for hydroxylation is 2. The number of nitrogens with zero attached hydrogens (tertiary/aromatic N) is 3. The SMILES string of the molecule is CC[C@H](C)N(CC(=O)N(Cc1cccn1C)C1CC1)C(=O)Nc1ccc(C)cc1. The summed E-state index contributed by atoms with van der Waals surface area (Å²) in [6.07, 6.45) is 4.85. The number of urea groups is 1. The fourth-order valence-corrected chi connectivity index (χ4v) is 3.36. The van der Waals surface area contributed by atoms with Crippen LogP contribution < -0.4 is 5.32 Å². The third-order valence-electron chi connectivity index (χ3n) is 5.68. The van der Waals surface area contributed by atoms with Gasteiger partial charge < -0.3 is 19.7 Å². The molecular formula is C23H32N4O2. The van der Waals surface area contributed by atoms with E-state index in [0.717, 1.165) is 36.2 Å². The number of rotatable bonds is 8. The van der Waals surface area contributed by atoms with E-state index < -0.39 is 0 Å². The van der Waals surface area contributed by atoms with Crippen molar-refractivity contribution >= 4 is 17.6 Å². The van der Waals surface area contributed by atoms with Crippen LogP contribution in [0.3, 0.4) is 0 Å². The van der Waals surface area contributed by atoms with Gasteiger partial charge in [0.1, 0.15) is 6.54 Å². The molecule has 3 rings (SSSR count). The minimum absolute atomic E-state index is 0.00746. The van der Waals surface area contributed by atoms with E-state index in [9.17, 15) is 9.59 Å². The van der Waals surface area contributed by atoms with Gasteiger partial charge in [-0.3, -0.25) is 4.79 Å². The summed E-state index contributed by atoms with van der Waals surface area (Å²) in [5.41, 5.74) is 2.98. The predicted octanol–water partition coefficient (Wildman–Crippen LogP) is 4.16. The maximum Gasteiger partial charge on any atom is 0.322 e. The molecule has 0 saturated heterocycles. The highest BCUT2D eigenvalue weighted by atomic mass is 16.2. The smallest absolute Gasteiger partial charge is 0.322 e. The van der Waals surface area contributed by atoms with Crippen molar-refractivity contribution < 1.29 is 9.59 Å². The van der Waals surface area contributed by atoms with E-state index in [0.29, 0.717) is 6.54 Å². The Morgan fingerprint density at radius 2 is 1.90 bits per heavy atom. The summed E-state index contributed by atoms with van der Waals surface area (Å²) in [6.45, 7) is 6.70. The maximum absolute atomic E-state index is 13.2. The number of benzene rings is 1. The van der Waals surface area contributed by atoms with Crippen LogP contribution in [0, 0.1) is 6.92 Å². The second-order valence-corrected chi connectivity index (χ2v) is 8.04. The number of nitrogens with one attached hydrogen (secondary N) is 1. The summed E-state index contributed by atoms with van der Waals surface area (Å²) in [5.74, 6) is 0.00746. The molecule has 1 aromatic carbocycles. The lowest BCUT2D eigenvalue weighted by atomic mass is 10.2. The Bertz CT molecular complexity index is 839. The van der Waals surface area contributed by atoms with Gasteiger partial charge in [0.05, 0.1) is 6.54 Å². The molecule has 0 aliphatic heterocycles. The summed E-state index contributed by atoms with van der Waals surface area (Å²) >= 11 is 0. The summed E-state index contributed by atoms with van der Waals surface area (Å²) in [7, 11) is 1.99. The van der Waals surface area contributed by atoms with Gasteiger partial charge >= 0.3 is 6.03 Å². The van der Waals surface area contributed by atoms with Crippen LogP contribution in [0.2, 0.25) is 0 Å². The maximum atomic E-state index is 13.2. The molecular weight excluding hydrogens is 364 g/mol. The first kappa shape index (κ1) is 21.0. The number of carbonyl (C=O) groups excluding carboxylic acids is 2. The Kier molecular flexibility index (Phi) is 6.62. The summed E-state index contributed by atoms with van der Waals surface area (Å²) in [4.78, 5) is 29.7. The molecule has 2 aromatic rings. The van der Waals surface area contributed by atoms with Gasteiger partial charge in [0, 0.05) is 36.7 Å². The third-order valence-corrected chi connectivity index (χ3v) is 5.68. The van der Waals surface area contributed by atoms with E-state index in [2.05, 4.69) is 5.32 Å². The molecule has 0 unspecified atom stereocenters. The highest BCUT2D eigenvalue weighted by Crippen LogP contribution is 2.29. The van der Waals surface area contributed by atoms with Gasteiger partial charge in [-0.15, -0.1) is 0 Å². The predicted molar refractivity (Wildman–Crippen MR) is 116 cm³/mol. The number of anilines is 1. The van der Waals surface area contributed by atoms with Gasteiger partial charge in [-0.1, -0.05) is 24.6 Å². The number of carbonyl (C=O) groups is 2. The van der Waals surface area contributed by atoms with Crippen LogP contribution in [-0.2, 0) is 18.4 Å². The van der Waals surface area contributed by atoms with Crippen molar-refractivity contribution in [2.45, 2.75) is 58.7 Å². The van der Waals surface area contributed by atoms with Crippen molar-refractivity contribution in [2.24, 2.45) is 7.05 Å². The van der Waals surface area contributed by atoms with E-state index in [1.54, 1.807) is 4.90 Å². The molecule has 1 atom stereocenters. The van der Waals surface area contributed by atoms with E-state index in [4.69, 9.17) is 0 Å². The zero-order valence-corrected chi connectivity index (χ0v) is 17.9. The number of aromatic nitrogens is 1. The van der Waals surface area contributed by atoms with Crippen LogP contribution in [0.4, 0.5) is 10.5 Å². The molecule has 3 amide bonds. The first-order valence-electron chi connectivity index (χ1n) is 10.4. The Morgan fingerprint density at radius 3 is 2.45 bits per heavy atom. The average Bonchev–Trinajstić information content (AvgIpc) is 3.47. The van der Waals surface area contributed by atoms with E-state index in [1.807, 2.05) is 79.9 Å². The van der Waals surface area contributed by atoms with Crippen LogP contribution in [0.25, 0.3) is 0 Å². The average molecular weight is 397 g/mol. The molecule has 1 aromatic heterocycles. The number of amides is 3. The molecule has 156 valence electrons. The lowest BCUT2D eigenvalue weighted by Gasteiger charge is -2.31. The molecule has 29 heavy (non-hydrogen) atoms. The molecule has 0 bridgehead atoms. The Hall–Kier alpha value is -2.76. The summed E-state index contributed by atoms with van der Waals surface area (Å²) in [6, 6.07) is 11.8. The lowest BCUT2D eigenvalue weighted by Crippen LogP contribution is -2.48. The molecule has 1 heterocycles. The quantitative estimate of drug-likeness (QED) is 0.728. The monoisotopic (exact) mass is 396 g/mol. The van der Waals surface area contributed by atoms with Gasteiger partial charge in [0.15, 0.2) is 0 Å². The van der Waals surface area contributed by atoms with Crippen LogP contribution in [0.15, 0.2) is 42.6 Å². The van der Waals surface area contributed by atoms with E-state index in [1.165, 1.54) is 0 Å². The molecule has 1 fully saturated rings. The van der Waals surface area contributed by atoms with Gasteiger partial charge in [-0.25, -0.2) is 4.79 Å². The van der Waals surface area contributed by atoms with Crippen LogP contribution in [0.1, 0.15) is 44.4 Å². The molecule has 0 spiro atoms. The molecule has 0 radical (unpaired) electrons. The molecule has 1 aliphatic rings. The van der Waals surface area contributed by atoms with Gasteiger partial charge in [-0.2, -0.15) is 0 Å². The van der Waals surface area contributed by atoms with Gasteiger partial charge in [0.25, 0.3) is 0 Å². The zero-order chi connectivity index (χ0) is 21.0. The largest absolute Gasteiger partial charge is 0.353 e. The van der Waals surface area contributed by atoms with Crippen molar-refractivity contribution in [2.75, 3.05) is 11.9 Å². The fraction of sp³-hybridized carbons (Fsp3) is 0.478. The molecule has 6 heteroatoms. The number of hydrogen-bond donors (Lipinski definition) is 1. The Balaban J connectivity index is 1.70. The zero-order valence-electron chi connectivity index (χ0n) is 17.9.